The van der Waals surface area contributed by atoms with Crippen LogP contribution in [0.15, 0.2) is 30.7 Å². The summed E-state index contributed by atoms with van der Waals surface area (Å²) in [6, 6.07) is 6.18. The van der Waals surface area contributed by atoms with Gasteiger partial charge in [-0.3, -0.25) is 0 Å². The average Bonchev–Trinajstić information content (AvgIpc) is 3.17. The molecule has 1 saturated heterocycles. The molecule has 24 heavy (non-hydrogen) atoms. The van der Waals surface area contributed by atoms with Crippen LogP contribution >= 0.6 is 0 Å². The molecule has 2 N–H and O–H groups in total. The lowest BCUT2D eigenvalue weighted by Gasteiger charge is -2.29. The number of morpholine rings is 1. The van der Waals surface area contributed by atoms with E-state index in [0.717, 1.165) is 30.6 Å². The van der Waals surface area contributed by atoms with E-state index in [1.165, 1.54) is 11.1 Å². The number of benzene rings is 1. The molecule has 0 radical (unpaired) electrons. The van der Waals surface area contributed by atoms with Gasteiger partial charge in [0.25, 0.3) is 0 Å². The van der Waals surface area contributed by atoms with Crippen LogP contribution in [0.2, 0.25) is 0 Å². The van der Waals surface area contributed by atoms with E-state index in [4.69, 9.17) is 4.74 Å². The molecular weight excluding hydrogens is 304 g/mol. The standard InChI is InChI=1S/C18H22N4O2/c23-18(22-7-9-24-10-8-22)21-16-6-2-3-13-14(16)4-1-5-15(13)17-11-19-12-20-17/h2-3,6,11-12,15H,1,4-5,7-10H2,(H,19,20)(H,21,23). The third kappa shape index (κ3) is 2.89. The molecule has 1 aromatic heterocycles. The van der Waals surface area contributed by atoms with Gasteiger partial charge in [0.1, 0.15) is 0 Å². The molecule has 4 rings (SSSR count). The van der Waals surface area contributed by atoms with Crippen molar-refractivity contribution in [2.75, 3.05) is 31.6 Å². The summed E-state index contributed by atoms with van der Waals surface area (Å²) >= 11 is 0. The van der Waals surface area contributed by atoms with Crippen molar-refractivity contribution in [1.82, 2.24) is 14.9 Å². The number of aromatic amines is 1. The molecule has 6 nitrogen and oxygen atoms in total. The smallest absolute Gasteiger partial charge is 0.322 e. The van der Waals surface area contributed by atoms with Gasteiger partial charge in [0.15, 0.2) is 0 Å². The number of rotatable bonds is 2. The van der Waals surface area contributed by atoms with Gasteiger partial charge < -0.3 is 19.9 Å². The van der Waals surface area contributed by atoms with Crippen molar-refractivity contribution in [3.05, 3.63) is 47.5 Å². The van der Waals surface area contributed by atoms with Crippen molar-refractivity contribution in [2.45, 2.75) is 25.2 Å². The van der Waals surface area contributed by atoms with Crippen LogP contribution < -0.4 is 5.32 Å². The summed E-state index contributed by atoms with van der Waals surface area (Å²) in [4.78, 5) is 21.7. The molecule has 6 heteroatoms. The third-order valence-electron chi connectivity index (χ3n) is 4.94. The van der Waals surface area contributed by atoms with Gasteiger partial charge in [-0.1, -0.05) is 12.1 Å². The maximum atomic E-state index is 12.5. The quantitative estimate of drug-likeness (QED) is 0.891. The summed E-state index contributed by atoms with van der Waals surface area (Å²) in [6.07, 6.45) is 6.85. The van der Waals surface area contributed by atoms with Gasteiger partial charge in [-0.15, -0.1) is 0 Å². The number of hydrogen-bond acceptors (Lipinski definition) is 3. The molecule has 126 valence electrons. The number of ether oxygens (including phenoxy) is 1. The highest BCUT2D eigenvalue weighted by atomic mass is 16.5. The lowest BCUT2D eigenvalue weighted by atomic mass is 9.80. The van der Waals surface area contributed by atoms with Gasteiger partial charge in [0.05, 0.1) is 19.5 Å². The van der Waals surface area contributed by atoms with E-state index in [0.29, 0.717) is 32.2 Å². The molecule has 1 atom stereocenters. The molecule has 2 amide bonds. The monoisotopic (exact) mass is 326 g/mol. The Bertz CT molecular complexity index is 708. The van der Waals surface area contributed by atoms with Crippen molar-refractivity contribution in [1.29, 1.82) is 0 Å². The fourth-order valence-electron chi connectivity index (χ4n) is 3.71. The van der Waals surface area contributed by atoms with Crippen LogP contribution in [0.4, 0.5) is 10.5 Å². The van der Waals surface area contributed by atoms with Crippen LogP contribution in [-0.4, -0.2) is 47.2 Å². The second-order valence-corrected chi connectivity index (χ2v) is 6.35. The number of anilines is 1. The Morgan fingerprint density at radius 1 is 1.33 bits per heavy atom. The fourth-order valence-corrected chi connectivity index (χ4v) is 3.71. The Kier molecular flexibility index (Phi) is 4.21. The lowest BCUT2D eigenvalue weighted by molar-refractivity contribution is 0.0564. The van der Waals surface area contributed by atoms with Crippen molar-refractivity contribution in [3.8, 4) is 0 Å². The van der Waals surface area contributed by atoms with E-state index in [1.54, 1.807) is 6.33 Å². The maximum Gasteiger partial charge on any atom is 0.322 e. The minimum absolute atomic E-state index is 0.0321. The normalized spacial score (nSPS) is 20.5. The Hall–Kier alpha value is -2.34. The predicted octanol–water partition coefficient (Wildman–Crippen LogP) is 2.74. The van der Waals surface area contributed by atoms with Crippen LogP contribution in [0.3, 0.4) is 0 Å². The van der Waals surface area contributed by atoms with Crippen molar-refractivity contribution < 1.29 is 9.53 Å². The average molecular weight is 326 g/mol. The summed E-state index contributed by atoms with van der Waals surface area (Å²) in [6.45, 7) is 2.53. The van der Waals surface area contributed by atoms with Gasteiger partial charge in [-0.25, -0.2) is 9.78 Å². The number of nitrogens with one attached hydrogen (secondary N) is 2. The number of amides is 2. The molecule has 0 spiro atoms. The van der Waals surface area contributed by atoms with Crippen molar-refractivity contribution in [3.63, 3.8) is 0 Å². The number of H-pyrrole nitrogens is 1. The van der Waals surface area contributed by atoms with E-state index in [2.05, 4.69) is 21.4 Å². The maximum absolute atomic E-state index is 12.5. The highest BCUT2D eigenvalue weighted by Crippen LogP contribution is 2.38. The van der Waals surface area contributed by atoms with Crippen LogP contribution in [0, 0.1) is 0 Å². The van der Waals surface area contributed by atoms with Crippen LogP contribution in [0.1, 0.15) is 35.6 Å². The highest BCUT2D eigenvalue weighted by molar-refractivity contribution is 5.90. The number of aromatic nitrogens is 2. The van der Waals surface area contributed by atoms with Gasteiger partial charge in [-0.05, 0) is 36.5 Å². The fraction of sp³-hybridized carbons (Fsp3) is 0.444. The van der Waals surface area contributed by atoms with E-state index in [9.17, 15) is 4.79 Å². The first-order chi connectivity index (χ1) is 11.8. The van der Waals surface area contributed by atoms with Gasteiger partial charge in [0, 0.05) is 36.6 Å². The number of nitrogens with zero attached hydrogens (tertiary/aromatic N) is 2. The molecule has 2 aromatic rings. The summed E-state index contributed by atoms with van der Waals surface area (Å²) in [5.41, 5.74) is 4.64. The summed E-state index contributed by atoms with van der Waals surface area (Å²) in [7, 11) is 0. The molecule has 1 aliphatic heterocycles. The topological polar surface area (TPSA) is 70.2 Å². The third-order valence-corrected chi connectivity index (χ3v) is 4.94. The summed E-state index contributed by atoms with van der Waals surface area (Å²) in [5.74, 6) is 0.330. The van der Waals surface area contributed by atoms with E-state index >= 15 is 0 Å². The minimum atomic E-state index is -0.0321. The Morgan fingerprint density at radius 2 is 2.21 bits per heavy atom. The zero-order chi connectivity index (χ0) is 16.4. The first-order valence-electron chi connectivity index (χ1n) is 8.56. The molecule has 0 saturated carbocycles. The van der Waals surface area contributed by atoms with Gasteiger partial charge >= 0.3 is 6.03 Å². The molecule has 1 unspecified atom stereocenters. The molecule has 0 bridgehead atoms. The number of imidazole rings is 1. The Morgan fingerprint density at radius 3 is 3.00 bits per heavy atom. The van der Waals surface area contributed by atoms with Crippen molar-refractivity contribution >= 4 is 11.7 Å². The zero-order valence-corrected chi connectivity index (χ0v) is 13.6. The Balaban J connectivity index is 1.59. The Labute approximate surface area is 141 Å². The first kappa shape index (κ1) is 15.2. The van der Waals surface area contributed by atoms with E-state index in [1.807, 2.05) is 23.2 Å². The number of urea groups is 1. The number of carbonyl (C=O) groups is 1. The lowest BCUT2D eigenvalue weighted by Crippen LogP contribution is -2.43. The number of carbonyl (C=O) groups excluding carboxylic acids is 1. The molecule has 1 aromatic carbocycles. The zero-order valence-electron chi connectivity index (χ0n) is 13.6. The van der Waals surface area contributed by atoms with E-state index < -0.39 is 0 Å². The molecule has 2 heterocycles. The molecule has 1 fully saturated rings. The second kappa shape index (κ2) is 6.65. The largest absolute Gasteiger partial charge is 0.378 e. The number of fused-ring (bicyclic) bond motifs is 1. The van der Waals surface area contributed by atoms with E-state index in [-0.39, 0.29) is 6.03 Å². The number of hydrogen-bond donors (Lipinski definition) is 2. The molecular formula is C18H22N4O2. The van der Waals surface area contributed by atoms with Crippen LogP contribution in [-0.2, 0) is 11.2 Å². The van der Waals surface area contributed by atoms with Crippen LogP contribution in [0.25, 0.3) is 0 Å². The second-order valence-electron chi connectivity index (χ2n) is 6.35. The first-order valence-corrected chi connectivity index (χ1v) is 8.56. The molecule has 1 aliphatic carbocycles. The van der Waals surface area contributed by atoms with Gasteiger partial charge in [-0.2, -0.15) is 0 Å². The van der Waals surface area contributed by atoms with Crippen LogP contribution in [0.5, 0.6) is 0 Å². The van der Waals surface area contributed by atoms with Crippen molar-refractivity contribution in [2.24, 2.45) is 0 Å². The minimum Gasteiger partial charge on any atom is -0.378 e. The SMILES string of the molecule is O=C(Nc1cccc2c1CCCC2c1cnc[nH]1)N1CCOCC1. The summed E-state index contributed by atoms with van der Waals surface area (Å²) in [5, 5.41) is 3.11. The predicted molar refractivity (Wildman–Crippen MR) is 91.2 cm³/mol. The van der Waals surface area contributed by atoms with Gasteiger partial charge in [0.2, 0.25) is 0 Å². The molecule has 2 aliphatic rings. The summed E-state index contributed by atoms with van der Waals surface area (Å²) < 4.78 is 5.31. The highest BCUT2D eigenvalue weighted by Gasteiger charge is 2.26.